The van der Waals surface area contributed by atoms with Gasteiger partial charge in [-0.3, -0.25) is 10.1 Å². The number of hydrogen-bond donors (Lipinski definition) is 0. The van der Waals surface area contributed by atoms with Gasteiger partial charge in [0.2, 0.25) is 0 Å². The monoisotopic (exact) mass is 241 g/mol. The van der Waals surface area contributed by atoms with Crippen LogP contribution in [-0.2, 0) is 0 Å². The molecular weight excluding hydrogens is 226 g/mol. The van der Waals surface area contributed by atoms with E-state index in [1.165, 1.54) is 11.1 Å². The van der Waals surface area contributed by atoms with Crippen molar-refractivity contribution >= 4 is 5.69 Å². The molecule has 3 aliphatic carbocycles. The molecule has 0 aromatic heterocycles. The van der Waals surface area contributed by atoms with Gasteiger partial charge >= 0.3 is 0 Å². The van der Waals surface area contributed by atoms with E-state index >= 15 is 0 Å². The Kier molecular flexibility index (Phi) is 1.73. The smallest absolute Gasteiger partial charge is 0.258 e. The van der Waals surface area contributed by atoms with E-state index < -0.39 is 0 Å². The molecule has 0 bridgehead atoms. The topological polar surface area (TPSA) is 43.1 Å². The summed E-state index contributed by atoms with van der Waals surface area (Å²) in [5, 5.41) is 11.2. The third-order valence-corrected chi connectivity index (χ3v) is 4.92. The van der Waals surface area contributed by atoms with Gasteiger partial charge in [0.25, 0.3) is 5.69 Å². The molecule has 0 aliphatic heterocycles. The van der Waals surface area contributed by atoms with Crippen molar-refractivity contribution in [3.05, 3.63) is 51.1 Å². The standard InChI is InChI=1S/C15H15NO2/c1-7(2)9-6-10-12-8(13-14(9)15(10)13)4-3-5-11(12)16(17)18/h3-7,10,13-15H,1-2H3/t10?,13-,14?,15-/m1/s1. The molecule has 92 valence electrons. The summed E-state index contributed by atoms with van der Waals surface area (Å²) in [7, 11) is 0. The van der Waals surface area contributed by atoms with E-state index in [-0.39, 0.29) is 4.92 Å². The molecule has 0 N–H and O–H groups in total. The first-order chi connectivity index (χ1) is 8.61. The zero-order chi connectivity index (χ0) is 12.6. The van der Waals surface area contributed by atoms with Gasteiger partial charge < -0.3 is 0 Å². The van der Waals surface area contributed by atoms with Crippen molar-refractivity contribution in [2.75, 3.05) is 0 Å². The number of hydrogen-bond acceptors (Lipinski definition) is 2. The summed E-state index contributed by atoms with van der Waals surface area (Å²) < 4.78 is 0. The highest BCUT2D eigenvalue weighted by Crippen LogP contribution is 2.75. The summed E-state index contributed by atoms with van der Waals surface area (Å²) in [5.74, 6) is 2.78. The molecule has 18 heavy (non-hydrogen) atoms. The molecule has 0 radical (unpaired) electrons. The molecule has 3 nitrogen and oxygen atoms in total. The maximum Gasteiger partial charge on any atom is 0.273 e. The maximum absolute atomic E-state index is 11.2. The molecular formula is C15H15NO2. The fraction of sp³-hybridized carbons (Fsp3) is 0.467. The van der Waals surface area contributed by atoms with E-state index in [0.29, 0.717) is 35.3 Å². The Labute approximate surface area is 106 Å². The molecule has 4 atom stereocenters. The number of rotatable bonds is 2. The van der Waals surface area contributed by atoms with Crippen LogP contribution in [0.15, 0.2) is 29.8 Å². The number of allylic oxidation sites excluding steroid dienone is 2. The fourth-order valence-corrected chi connectivity index (χ4v) is 4.28. The summed E-state index contributed by atoms with van der Waals surface area (Å²) in [4.78, 5) is 10.9. The Morgan fingerprint density at radius 1 is 1.28 bits per heavy atom. The molecule has 1 saturated carbocycles. The van der Waals surface area contributed by atoms with Gasteiger partial charge in [0.1, 0.15) is 0 Å². The zero-order valence-corrected chi connectivity index (χ0v) is 10.5. The highest BCUT2D eigenvalue weighted by atomic mass is 16.6. The summed E-state index contributed by atoms with van der Waals surface area (Å²) in [5.41, 5.74) is 4.10. The molecule has 0 saturated heterocycles. The van der Waals surface area contributed by atoms with E-state index in [4.69, 9.17) is 0 Å². The third-order valence-electron chi connectivity index (χ3n) is 4.92. The Bertz CT molecular complexity index is 603. The highest BCUT2D eigenvalue weighted by Gasteiger charge is 2.66. The first-order valence-electron chi connectivity index (χ1n) is 6.60. The molecule has 0 amide bonds. The normalized spacial score (nSPS) is 34.3. The quantitative estimate of drug-likeness (QED) is 0.451. The van der Waals surface area contributed by atoms with E-state index in [9.17, 15) is 10.1 Å². The van der Waals surface area contributed by atoms with Gasteiger partial charge in [0, 0.05) is 17.5 Å². The van der Waals surface area contributed by atoms with Crippen LogP contribution >= 0.6 is 0 Å². The molecule has 3 heteroatoms. The molecule has 0 spiro atoms. The lowest BCUT2D eigenvalue weighted by Crippen LogP contribution is -2.00. The van der Waals surface area contributed by atoms with Crippen LogP contribution in [0.25, 0.3) is 0 Å². The van der Waals surface area contributed by atoms with Crippen LogP contribution in [-0.4, -0.2) is 4.92 Å². The van der Waals surface area contributed by atoms with Gasteiger partial charge in [0.05, 0.1) is 4.92 Å². The van der Waals surface area contributed by atoms with Crippen LogP contribution in [0.5, 0.6) is 0 Å². The minimum atomic E-state index is -0.222. The van der Waals surface area contributed by atoms with Crippen LogP contribution in [0.3, 0.4) is 0 Å². The number of nitrogens with zero attached hydrogens (tertiary/aromatic N) is 1. The summed E-state index contributed by atoms with van der Waals surface area (Å²) >= 11 is 0. The lowest BCUT2D eigenvalue weighted by atomic mass is 9.95. The van der Waals surface area contributed by atoms with Gasteiger partial charge in [0.15, 0.2) is 0 Å². The van der Waals surface area contributed by atoms with E-state index in [0.717, 1.165) is 5.56 Å². The maximum atomic E-state index is 11.2. The lowest BCUT2D eigenvalue weighted by Gasteiger charge is -2.08. The average molecular weight is 241 g/mol. The van der Waals surface area contributed by atoms with E-state index in [2.05, 4.69) is 26.0 Å². The Hall–Kier alpha value is -1.64. The molecule has 1 fully saturated rings. The van der Waals surface area contributed by atoms with Crippen molar-refractivity contribution in [2.24, 2.45) is 17.8 Å². The van der Waals surface area contributed by atoms with Crippen molar-refractivity contribution in [2.45, 2.75) is 25.7 Å². The fourth-order valence-electron chi connectivity index (χ4n) is 4.28. The molecule has 1 aromatic rings. The van der Waals surface area contributed by atoms with Gasteiger partial charge in [-0.05, 0) is 29.2 Å². The molecule has 4 rings (SSSR count). The molecule has 0 heterocycles. The summed E-state index contributed by atoms with van der Waals surface area (Å²) in [6, 6.07) is 5.59. The first kappa shape index (κ1) is 10.3. The Morgan fingerprint density at radius 3 is 2.72 bits per heavy atom. The van der Waals surface area contributed by atoms with Crippen molar-refractivity contribution in [1.29, 1.82) is 0 Å². The van der Waals surface area contributed by atoms with Crippen molar-refractivity contribution in [3.63, 3.8) is 0 Å². The van der Waals surface area contributed by atoms with Gasteiger partial charge in [-0.2, -0.15) is 0 Å². The van der Waals surface area contributed by atoms with Crippen LogP contribution in [0, 0.1) is 27.9 Å². The van der Waals surface area contributed by atoms with Gasteiger partial charge in [-0.1, -0.05) is 37.6 Å². The molecule has 3 aliphatic rings. The SMILES string of the molecule is CC(C)C1=CC2c3c(cccc3[N+](=O)[O-])[C@@H]3C1[C@H]23. The predicted octanol–water partition coefficient (Wildman–Crippen LogP) is 3.62. The van der Waals surface area contributed by atoms with Crippen molar-refractivity contribution in [3.8, 4) is 0 Å². The van der Waals surface area contributed by atoms with Crippen LogP contribution in [0.1, 0.15) is 36.8 Å². The van der Waals surface area contributed by atoms with Gasteiger partial charge in [-0.15, -0.1) is 0 Å². The third kappa shape index (κ3) is 1.01. The average Bonchev–Trinajstić information content (AvgIpc) is 2.83. The summed E-state index contributed by atoms with van der Waals surface area (Å²) in [6.07, 6.45) is 2.31. The molecule has 2 unspecified atom stereocenters. The minimum absolute atomic E-state index is 0.222. The van der Waals surface area contributed by atoms with Crippen molar-refractivity contribution < 1.29 is 4.92 Å². The van der Waals surface area contributed by atoms with Gasteiger partial charge in [-0.25, -0.2) is 0 Å². The lowest BCUT2D eigenvalue weighted by molar-refractivity contribution is -0.385. The second kappa shape index (κ2) is 3.02. The summed E-state index contributed by atoms with van der Waals surface area (Å²) in [6.45, 7) is 4.45. The van der Waals surface area contributed by atoms with Crippen molar-refractivity contribution in [1.82, 2.24) is 0 Å². The second-order valence-electron chi connectivity index (χ2n) is 6.01. The zero-order valence-electron chi connectivity index (χ0n) is 10.5. The number of nitro groups is 1. The van der Waals surface area contributed by atoms with Crippen LogP contribution in [0.4, 0.5) is 5.69 Å². The second-order valence-corrected chi connectivity index (χ2v) is 6.01. The molecule has 1 aromatic carbocycles. The largest absolute Gasteiger partial charge is 0.273 e. The Balaban J connectivity index is 1.88. The predicted molar refractivity (Wildman–Crippen MR) is 68.5 cm³/mol. The van der Waals surface area contributed by atoms with E-state index in [1.54, 1.807) is 6.07 Å². The van der Waals surface area contributed by atoms with Crippen LogP contribution < -0.4 is 0 Å². The first-order valence-corrected chi connectivity index (χ1v) is 6.60. The number of benzene rings is 1. The Morgan fingerprint density at radius 2 is 2.06 bits per heavy atom. The van der Waals surface area contributed by atoms with Crippen LogP contribution in [0.2, 0.25) is 0 Å². The number of fused-ring (bicyclic) bond motifs is 4. The highest BCUT2D eigenvalue weighted by molar-refractivity contribution is 5.63. The van der Waals surface area contributed by atoms with E-state index in [1.807, 2.05) is 6.07 Å². The number of nitro benzene ring substituents is 1. The minimum Gasteiger partial charge on any atom is -0.258 e.